The highest BCUT2D eigenvalue weighted by atomic mass is 32.1. The molecule has 0 aliphatic heterocycles. The Morgan fingerprint density at radius 3 is 2.85 bits per heavy atom. The molecule has 0 N–H and O–H groups in total. The SMILES string of the molecule is Cc1nc(C(=O)c2ccsc2)cs1. The maximum absolute atomic E-state index is 11.7. The van der Waals surface area contributed by atoms with Gasteiger partial charge in [0.1, 0.15) is 5.69 Å². The van der Waals surface area contributed by atoms with Crippen LogP contribution in [-0.4, -0.2) is 10.8 Å². The molecule has 4 heteroatoms. The van der Waals surface area contributed by atoms with Crippen LogP contribution in [0.5, 0.6) is 0 Å². The summed E-state index contributed by atoms with van der Waals surface area (Å²) in [6.07, 6.45) is 0. The van der Waals surface area contributed by atoms with Crippen LogP contribution in [0, 0.1) is 6.92 Å². The van der Waals surface area contributed by atoms with Crippen LogP contribution in [0.1, 0.15) is 21.1 Å². The van der Waals surface area contributed by atoms with Crippen molar-refractivity contribution in [2.24, 2.45) is 0 Å². The molecule has 0 saturated carbocycles. The summed E-state index contributed by atoms with van der Waals surface area (Å²) in [5.41, 5.74) is 1.29. The van der Waals surface area contributed by atoms with E-state index in [0.717, 1.165) is 10.6 Å². The van der Waals surface area contributed by atoms with Crippen molar-refractivity contribution in [1.29, 1.82) is 0 Å². The number of aromatic nitrogens is 1. The first-order valence-electron chi connectivity index (χ1n) is 3.76. The summed E-state index contributed by atoms with van der Waals surface area (Å²) in [6.45, 7) is 1.90. The van der Waals surface area contributed by atoms with Crippen LogP contribution in [0.15, 0.2) is 22.2 Å². The molecule has 2 nitrogen and oxygen atoms in total. The Balaban J connectivity index is 2.33. The molecule has 0 radical (unpaired) electrons. The molecular weight excluding hydrogens is 202 g/mol. The zero-order valence-electron chi connectivity index (χ0n) is 6.98. The van der Waals surface area contributed by atoms with Gasteiger partial charge in [-0.1, -0.05) is 0 Å². The van der Waals surface area contributed by atoms with E-state index in [1.54, 1.807) is 5.38 Å². The predicted molar refractivity (Wildman–Crippen MR) is 54.6 cm³/mol. The highest BCUT2D eigenvalue weighted by molar-refractivity contribution is 7.09. The minimum atomic E-state index is 0.0191. The second-order valence-electron chi connectivity index (χ2n) is 2.59. The minimum Gasteiger partial charge on any atom is -0.287 e. The van der Waals surface area contributed by atoms with Crippen LogP contribution < -0.4 is 0 Å². The standard InChI is InChI=1S/C9H7NOS2/c1-6-10-8(5-13-6)9(11)7-2-3-12-4-7/h2-5H,1H3. The van der Waals surface area contributed by atoms with Gasteiger partial charge in [-0.3, -0.25) is 4.79 Å². The highest BCUT2D eigenvalue weighted by Gasteiger charge is 2.11. The van der Waals surface area contributed by atoms with Crippen molar-refractivity contribution in [3.63, 3.8) is 0 Å². The first kappa shape index (κ1) is 8.59. The summed E-state index contributed by atoms with van der Waals surface area (Å²) >= 11 is 3.03. The number of aryl methyl sites for hydroxylation is 1. The molecule has 0 fully saturated rings. The Hall–Kier alpha value is -1.00. The Bertz CT molecular complexity index is 417. The van der Waals surface area contributed by atoms with Crippen LogP contribution in [0.2, 0.25) is 0 Å². The summed E-state index contributed by atoms with van der Waals surface area (Å²) in [7, 11) is 0. The zero-order chi connectivity index (χ0) is 9.26. The number of hydrogen-bond donors (Lipinski definition) is 0. The average molecular weight is 209 g/mol. The van der Waals surface area contributed by atoms with Gasteiger partial charge in [0.05, 0.1) is 5.01 Å². The molecule has 66 valence electrons. The number of carbonyl (C=O) groups is 1. The molecule has 0 amide bonds. The third-order valence-electron chi connectivity index (χ3n) is 1.64. The smallest absolute Gasteiger partial charge is 0.213 e. The Labute approximate surface area is 83.9 Å². The monoisotopic (exact) mass is 209 g/mol. The largest absolute Gasteiger partial charge is 0.287 e. The number of thiophene rings is 1. The van der Waals surface area contributed by atoms with Crippen LogP contribution in [-0.2, 0) is 0 Å². The van der Waals surface area contributed by atoms with E-state index in [2.05, 4.69) is 4.98 Å². The van der Waals surface area contributed by atoms with Gasteiger partial charge in [-0.2, -0.15) is 11.3 Å². The van der Waals surface area contributed by atoms with Crippen LogP contribution in [0.25, 0.3) is 0 Å². The van der Waals surface area contributed by atoms with Gasteiger partial charge in [0.25, 0.3) is 0 Å². The number of hydrogen-bond acceptors (Lipinski definition) is 4. The van der Waals surface area contributed by atoms with E-state index in [-0.39, 0.29) is 5.78 Å². The van der Waals surface area contributed by atoms with Gasteiger partial charge in [-0.25, -0.2) is 4.98 Å². The van der Waals surface area contributed by atoms with E-state index in [1.165, 1.54) is 22.7 Å². The fourth-order valence-electron chi connectivity index (χ4n) is 1.01. The minimum absolute atomic E-state index is 0.0191. The average Bonchev–Trinajstić information content (AvgIpc) is 2.72. The number of ketones is 1. The molecule has 13 heavy (non-hydrogen) atoms. The molecule has 2 rings (SSSR count). The fraction of sp³-hybridized carbons (Fsp3) is 0.111. The zero-order valence-corrected chi connectivity index (χ0v) is 8.61. The lowest BCUT2D eigenvalue weighted by Gasteiger charge is -1.90. The molecule has 0 atom stereocenters. The van der Waals surface area contributed by atoms with Gasteiger partial charge < -0.3 is 0 Å². The van der Waals surface area contributed by atoms with Crippen molar-refractivity contribution < 1.29 is 4.79 Å². The van der Waals surface area contributed by atoms with Crippen LogP contribution in [0.4, 0.5) is 0 Å². The third-order valence-corrected chi connectivity index (χ3v) is 3.09. The number of nitrogens with zero attached hydrogens (tertiary/aromatic N) is 1. The van der Waals surface area contributed by atoms with Crippen LogP contribution in [0.3, 0.4) is 0 Å². The second-order valence-corrected chi connectivity index (χ2v) is 4.44. The van der Waals surface area contributed by atoms with E-state index >= 15 is 0 Å². The molecule has 0 aliphatic rings. The molecular formula is C9H7NOS2. The number of thiazole rings is 1. The third kappa shape index (κ3) is 1.68. The first-order valence-corrected chi connectivity index (χ1v) is 5.58. The molecule has 2 heterocycles. The summed E-state index contributed by atoms with van der Waals surface area (Å²) in [5.74, 6) is 0.0191. The fourth-order valence-corrected chi connectivity index (χ4v) is 2.24. The number of carbonyl (C=O) groups excluding carboxylic acids is 1. The van der Waals surface area contributed by atoms with Gasteiger partial charge >= 0.3 is 0 Å². The Morgan fingerprint density at radius 1 is 1.46 bits per heavy atom. The molecule has 0 unspecified atom stereocenters. The van der Waals surface area contributed by atoms with Crippen LogP contribution >= 0.6 is 22.7 Å². The van der Waals surface area contributed by atoms with Crippen molar-refractivity contribution in [3.8, 4) is 0 Å². The van der Waals surface area contributed by atoms with E-state index in [1.807, 2.05) is 23.8 Å². The lowest BCUT2D eigenvalue weighted by Crippen LogP contribution is -1.99. The quantitative estimate of drug-likeness (QED) is 0.712. The molecule has 0 bridgehead atoms. The van der Waals surface area contributed by atoms with Gasteiger partial charge in [-0.05, 0) is 18.4 Å². The number of rotatable bonds is 2. The normalized spacial score (nSPS) is 10.2. The molecule has 0 aliphatic carbocycles. The predicted octanol–water partition coefficient (Wildman–Crippen LogP) is 2.74. The first-order chi connectivity index (χ1) is 6.27. The van der Waals surface area contributed by atoms with Crippen molar-refractivity contribution in [2.75, 3.05) is 0 Å². The van der Waals surface area contributed by atoms with E-state index in [4.69, 9.17) is 0 Å². The van der Waals surface area contributed by atoms with Crippen molar-refractivity contribution in [1.82, 2.24) is 4.98 Å². The lowest BCUT2D eigenvalue weighted by atomic mass is 10.2. The van der Waals surface area contributed by atoms with E-state index in [0.29, 0.717) is 5.69 Å². The van der Waals surface area contributed by atoms with Gasteiger partial charge in [0.15, 0.2) is 0 Å². The summed E-state index contributed by atoms with van der Waals surface area (Å²) in [5, 5.41) is 6.47. The maximum Gasteiger partial charge on any atom is 0.213 e. The Morgan fingerprint density at radius 2 is 2.31 bits per heavy atom. The summed E-state index contributed by atoms with van der Waals surface area (Å²) < 4.78 is 0. The molecule has 0 aromatic carbocycles. The second kappa shape index (κ2) is 3.40. The van der Waals surface area contributed by atoms with Gasteiger partial charge in [0, 0.05) is 16.3 Å². The van der Waals surface area contributed by atoms with Gasteiger partial charge in [0.2, 0.25) is 5.78 Å². The molecule has 2 aromatic rings. The van der Waals surface area contributed by atoms with Crippen molar-refractivity contribution in [3.05, 3.63) is 38.5 Å². The molecule has 0 saturated heterocycles. The van der Waals surface area contributed by atoms with E-state index in [9.17, 15) is 4.79 Å². The highest BCUT2D eigenvalue weighted by Crippen LogP contribution is 2.15. The maximum atomic E-state index is 11.7. The lowest BCUT2D eigenvalue weighted by molar-refractivity contribution is 0.103. The van der Waals surface area contributed by atoms with Crippen molar-refractivity contribution >= 4 is 28.5 Å². The summed E-state index contributed by atoms with van der Waals surface area (Å²) in [4.78, 5) is 15.8. The van der Waals surface area contributed by atoms with Gasteiger partial charge in [-0.15, -0.1) is 11.3 Å². The molecule has 0 spiro atoms. The summed E-state index contributed by atoms with van der Waals surface area (Å²) in [6, 6.07) is 1.82. The van der Waals surface area contributed by atoms with Crippen molar-refractivity contribution in [2.45, 2.75) is 6.92 Å². The van der Waals surface area contributed by atoms with E-state index < -0.39 is 0 Å². The Kier molecular flexibility index (Phi) is 2.24. The topological polar surface area (TPSA) is 30.0 Å². The molecule has 2 aromatic heterocycles.